The largest absolute Gasteiger partial charge is 0.423 e. The van der Waals surface area contributed by atoms with Gasteiger partial charge in [-0.25, -0.2) is 4.39 Å². The molecule has 0 aliphatic carbocycles. The monoisotopic (exact) mass is 287 g/mol. The maximum absolute atomic E-state index is 12.8. The van der Waals surface area contributed by atoms with Crippen molar-refractivity contribution in [2.75, 3.05) is 10.6 Å². The average Bonchev–Trinajstić information content (AvgIpc) is 2.83. The van der Waals surface area contributed by atoms with Crippen molar-refractivity contribution < 1.29 is 8.81 Å². The van der Waals surface area contributed by atoms with Crippen LogP contribution in [-0.4, -0.2) is 10.1 Å². The first kappa shape index (κ1) is 12.6. The first-order valence-electron chi connectivity index (χ1n) is 5.90. The van der Waals surface area contributed by atoms with Crippen molar-refractivity contribution in [3.63, 3.8) is 0 Å². The second kappa shape index (κ2) is 5.26. The van der Waals surface area contributed by atoms with E-state index in [1.807, 2.05) is 24.3 Å². The predicted octanol–water partition coefficient (Wildman–Crippen LogP) is 3.78. The van der Waals surface area contributed by atoms with Gasteiger partial charge in [0.2, 0.25) is 0 Å². The number of nitrogens with zero attached hydrogens (tertiary/aromatic N) is 1. The summed E-state index contributed by atoms with van der Waals surface area (Å²) < 4.78 is 18.3. The summed E-state index contributed by atoms with van der Waals surface area (Å²) in [5.74, 6) is -0.298. The van der Waals surface area contributed by atoms with Gasteiger partial charge in [0.15, 0.2) is 10.7 Å². The third-order valence-electron chi connectivity index (χ3n) is 2.62. The van der Waals surface area contributed by atoms with Crippen LogP contribution in [0.25, 0.3) is 11.1 Å². The highest BCUT2D eigenvalue weighted by Crippen LogP contribution is 2.18. The number of hydrogen-bond donors (Lipinski definition) is 2. The number of rotatable bonds is 2. The van der Waals surface area contributed by atoms with Gasteiger partial charge in [-0.2, -0.15) is 4.98 Å². The van der Waals surface area contributed by atoms with Gasteiger partial charge in [0.1, 0.15) is 11.3 Å². The minimum atomic E-state index is -0.298. The van der Waals surface area contributed by atoms with Crippen LogP contribution in [0.5, 0.6) is 0 Å². The molecule has 0 spiro atoms. The maximum atomic E-state index is 12.8. The molecule has 0 radical (unpaired) electrons. The number of anilines is 2. The highest BCUT2D eigenvalue weighted by atomic mass is 32.1. The van der Waals surface area contributed by atoms with E-state index in [1.54, 1.807) is 12.1 Å². The van der Waals surface area contributed by atoms with E-state index < -0.39 is 0 Å². The molecule has 0 aliphatic heterocycles. The predicted molar refractivity (Wildman–Crippen MR) is 80.3 cm³/mol. The first-order valence-corrected chi connectivity index (χ1v) is 6.31. The Hall–Kier alpha value is -2.47. The first-order chi connectivity index (χ1) is 9.70. The molecule has 2 aromatic carbocycles. The lowest BCUT2D eigenvalue weighted by molar-refractivity contribution is 0.624. The summed E-state index contributed by atoms with van der Waals surface area (Å²) in [6, 6.07) is 13.6. The lowest BCUT2D eigenvalue weighted by Gasteiger charge is -2.07. The number of fused-ring (bicyclic) bond motifs is 1. The quantitative estimate of drug-likeness (QED) is 0.703. The van der Waals surface area contributed by atoms with Gasteiger partial charge in [-0.05, 0) is 48.6 Å². The van der Waals surface area contributed by atoms with E-state index in [0.29, 0.717) is 22.4 Å². The normalized spacial score (nSPS) is 10.4. The highest BCUT2D eigenvalue weighted by Gasteiger charge is 2.06. The Labute approximate surface area is 119 Å². The van der Waals surface area contributed by atoms with Crippen molar-refractivity contribution in [1.29, 1.82) is 0 Å². The van der Waals surface area contributed by atoms with Crippen molar-refractivity contribution in [3.8, 4) is 0 Å². The number of aromatic nitrogens is 1. The zero-order valence-corrected chi connectivity index (χ0v) is 11.1. The van der Waals surface area contributed by atoms with Gasteiger partial charge in [0.05, 0.1) is 0 Å². The Morgan fingerprint density at radius 2 is 1.80 bits per heavy atom. The summed E-state index contributed by atoms with van der Waals surface area (Å²) in [5.41, 5.74) is 2.11. The van der Waals surface area contributed by atoms with Crippen LogP contribution < -0.4 is 10.6 Å². The van der Waals surface area contributed by atoms with Gasteiger partial charge in [-0.15, -0.1) is 0 Å². The Kier molecular flexibility index (Phi) is 3.30. The Bertz CT molecular complexity index is 721. The fraction of sp³-hybridized carbons (Fsp3) is 0. The summed E-state index contributed by atoms with van der Waals surface area (Å²) in [4.78, 5) is 4.24. The molecule has 0 saturated heterocycles. The molecule has 0 atom stereocenters. The molecule has 3 aromatic rings. The van der Waals surface area contributed by atoms with Gasteiger partial charge >= 0.3 is 6.01 Å². The van der Waals surface area contributed by atoms with Crippen LogP contribution in [0.1, 0.15) is 0 Å². The van der Waals surface area contributed by atoms with Crippen molar-refractivity contribution in [2.24, 2.45) is 0 Å². The fourth-order valence-corrected chi connectivity index (χ4v) is 1.92. The molecular weight excluding hydrogens is 277 g/mol. The molecule has 0 saturated carbocycles. The third-order valence-corrected chi connectivity index (χ3v) is 2.82. The molecule has 6 heteroatoms. The van der Waals surface area contributed by atoms with Gasteiger partial charge in [-0.3, -0.25) is 5.32 Å². The molecule has 0 fully saturated rings. The van der Waals surface area contributed by atoms with E-state index in [1.165, 1.54) is 12.1 Å². The SMILES string of the molecule is Fc1ccc(NC(=S)Nc2nc3ccccc3o2)cc1. The van der Waals surface area contributed by atoms with Crippen LogP contribution in [0.4, 0.5) is 16.1 Å². The number of thiocarbonyl (C=S) groups is 1. The molecular formula is C14H10FN3OS. The number of benzene rings is 2. The van der Waals surface area contributed by atoms with Crippen LogP contribution in [-0.2, 0) is 0 Å². The van der Waals surface area contributed by atoms with Gasteiger partial charge in [-0.1, -0.05) is 12.1 Å². The minimum absolute atomic E-state index is 0.298. The number of nitrogens with one attached hydrogen (secondary N) is 2. The number of oxazole rings is 1. The van der Waals surface area contributed by atoms with E-state index in [-0.39, 0.29) is 5.82 Å². The van der Waals surface area contributed by atoms with Crippen LogP contribution in [0.3, 0.4) is 0 Å². The number of halogens is 1. The zero-order chi connectivity index (χ0) is 13.9. The van der Waals surface area contributed by atoms with Crippen LogP contribution in [0, 0.1) is 5.82 Å². The van der Waals surface area contributed by atoms with Crippen molar-refractivity contribution in [2.45, 2.75) is 0 Å². The third kappa shape index (κ3) is 2.75. The highest BCUT2D eigenvalue weighted by molar-refractivity contribution is 7.80. The molecule has 1 heterocycles. The molecule has 20 heavy (non-hydrogen) atoms. The van der Waals surface area contributed by atoms with E-state index in [4.69, 9.17) is 16.6 Å². The summed E-state index contributed by atoms with van der Waals surface area (Å²) in [5, 5.41) is 6.08. The summed E-state index contributed by atoms with van der Waals surface area (Å²) in [7, 11) is 0. The molecule has 0 bridgehead atoms. The zero-order valence-electron chi connectivity index (χ0n) is 10.3. The lowest BCUT2D eigenvalue weighted by atomic mass is 10.3. The molecule has 1 aromatic heterocycles. The minimum Gasteiger partial charge on any atom is -0.423 e. The fourth-order valence-electron chi connectivity index (χ4n) is 1.72. The van der Waals surface area contributed by atoms with Gasteiger partial charge < -0.3 is 9.73 Å². The van der Waals surface area contributed by atoms with Crippen molar-refractivity contribution >= 4 is 40.1 Å². The maximum Gasteiger partial charge on any atom is 0.302 e. The molecule has 2 N–H and O–H groups in total. The van der Waals surface area contributed by atoms with Crippen LogP contribution in [0.15, 0.2) is 52.9 Å². The topological polar surface area (TPSA) is 50.1 Å². The number of hydrogen-bond acceptors (Lipinski definition) is 3. The second-order valence-corrected chi connectivity index (χ2v) is 4.48. The van der Waals surface area contributed by atoms with E-state index in [0.717, 1.165) is 5.52 Å². The van der Waals surface area contributed by atoms with Crippen LogP contribution in [0.2, 0.25) is 0 Å². The molecule has 100 valence electrons. The molecule has 0 unspecified atom stereocenters. The lowest BCUT2D eigenvalue weighted by Crippen LogP contribution is -2.19. The molecule has 4 nitrogen and oxygen atoms in total. The average molecular weight is 287 g/mol. The van der Waals surface area contributed by atoms with E-state index in [9.17, 15) is 4.39 Å². The van der Waals surface area contributed by atoms with Gasteiger partial charge in [0, 0.05) is 5.69 Å². The Morgan fingerprint density at radius 1 is 1.05 bits per heavy atom. The standard InChI is InChI=1S/C14H10FN3OS/c15-9-5-7-10(8-6-9)16-14(20)18-13-17-11-3-1-2-4-12(11)19-13/h1-8H,(H2,16,17,18,20). The van der Waals surface area contributed by atoms with Gasteiger partial charge in [0.25, 0.3) is 0 Å². The number of para-hydroxylation sites is 2. The van der Waals surface area contributed by atoms with E-state index >= 15 is 0 Å². The second-order valence-electron chi connectivity index (χ2n) is 4.07. The molecule has 0 amide bonds. The summed E-state index contributed by atoms with van der Waals surface area (Å²) >= 11 is 5.14. The summed E-state index contributed by atoms with van der Waals surface area (Å²) in [6.45, 7) is 0. The smallest absolute Gasteiger partial charge is 0.302 e. The Balaban J connectivity index is 1.70. The molecule has 3 rings (SSSR count). The summed E-state index contributed by atoms with van der Waals surface area (Å²) in [6.07, 6.45) is 0. The van der Waals surface area contributed by atoms with Crippen molar-refractivity contribution in [3.05, 3.63) is 54.3 Å². The molecule has 0 aliphatic rings. The Morgan fingerprint density at radius 3 is 2.55 bits per heavy atom. The van der Waals surface area contributed by atoms with Crippen molar-refractivity contribution in [1.82, 2.24) is 4.98 Å². The van der Waals surface area contributed by atoms with E-state index in [2.05, 4.69) is 15.6 Å². The van der Waals surface area contributed by atoms with Crippen LogP contribution >= 0.6 is 12.2 Å².